The zero-order valence-electron chi connectivity index (χ0n) is 12.7. The van der Waals surface area contributed by atoms with Crippen LogP contribution in [0.5, 0.6) is 11.5 Å². The minimum absolute atomic E-state index is 0.120. The fourth-order valence-corrected chi connectivity index (χ4v) is 2.29. The lowest BCUT2D eigenvalue weighted by atomic mass is 10.1. The molecule has 2 rings (SSSR count). The van der Waals surface area contributed by atoms with Gasteiger partial charge in [-0.15, -0.1) is 0 Å². The number of para-hydroxylation sites is 1. The Kier molecular flexibility index (Phi) is 4.68. The summed E-state index contributed by atoms with van der Waals surface area (Å²) in [7, 11) is 3.23. The molecule has 21 heavy (non-hydrogen) atoms. The van der Waals surface area contributed by atoms with Gasteiger partial charge in [0.05, 0.1) is 25.9 Å². The fraction of sp³-hybridized carbons (Fsp3) is 0.294. The SMILES string of the molecule is COc1ccc(OC)c(C(C)Nc2c(C)cccc2F)c1. The smallest absolute Gasteiger partial charge is 0.146 e. The second kappa shape index (κ2) is 6.48. The van der Waals surface area contributed by atoms with Crippen molar-refractivity contribution in [2.45, 2.75) is 19.9 Å². The summed E-state index contributed by atoms with van der Waals surface area (Å²) in [6, 6.07) is 10.5. The van der Waals surface area contributed by atoms with E-state index in [0.29, 0.717) is 5.69 Å². The normalized spacial score (nSPS) is 11.9. The van der Waals surface area contributed by atoms with E-state index >= 15 is 0 Å². The third kappa shape index (κ3) is 3.27. The van der Waals surface area contributed by atoms with Gasteiger partial charge >= 0.3 is 0 Å². The number of benzene rings is 2. The van der Waals surface area contributed by atoms with Crippen LogP contribution in [-0.2, 0) is 0 Å². The fourth-order valence-electron chi connectivity index (χ4n) is 2.29. The number of hydrogen-bond acceptors (Lipinski definition) is 3. The van der Waals surface area contributed by atoms with Gasteiger partial charge < -0.3 is 14.8 Å². The average molecular weight is 289 g/mol. The quantitative estimate of drug-likeness (QED) is 0.889. The Balaban J connectivity index is 2.33. The van der Waals surface area contributed by atoms with Gasteiger partial charge in [-0.2, -0.15) is 0 Å². The van der Waals surface area contributed by atoms with Crippen molar-refractivity contribution in [1.82, 2.24) is 0 Å². The van der Waals surface area contributed by atoms with Gasteiger partial charge in [-0.3, -0.25) is 0 Å². The van der Waals surface area contributed by atoms with Gasteiger partial charge in [-0.1, -0.05) is 12.1 Å². The monoisotopic (exact) mass is 289 g/mol. The molecule has 0 bridgehead atoms. The van der Waals surface area contributed by atoms with Crippen molar-refractivity contribution in [1.29, 1.82) is 0 Å². The molecule has 3 nitrogen and oxygen atoms in total. The number of ether oxygens (including phenoxy) is 2. The summed E-state index contributed by atoms with van der Waals surface area (Å²) in [6.07, 6.45) is 0. The number of hydrogen-bond donors (Lipinski definition) is 1. The van der Waals surface area contributed by atoms with E-state index < -0.39 is 0 Å². The molecule has 0 spiro atoms. The molecule has 0 aliphatic rings. The van der Waals surface area contributed by atoms with Crippen LogP contribution < -0.4 is 14.8 Å². The Labute approximate surface area is 124 Å². The van der Waals surface area contributed by atoms with Crippen LogP contribution in [0.15, 0.2) is 36.4 Å². The molecule has 0 amide bonds. The van der Waals surface area contributed by atoms with Gasteiger partial charge in [0.1, 0.15) is 17.3 Å². The van der Waals surface area contributed by atoms with Crippen LogP contribution >= 0.6 is 0 Å². The Hall–Kier alpha value is -2.23. The first-order valence-corrected chi connectivity index (χ1v) is 6.80. The van der Waals surface area contributed by atoms with E-state index in [-0.39, 0.29) is 11.9 Å². The molecule has 1 unspecified atom stereocenters. The number of anilines is 1. The van der Waals surface area contributed by atoms with E-state index in [1.807, 2.05) is 38.1 Å². The molecule has 0 saturated carbocycles. The number of rotatable bonds is 5. The molecule has 4 heteroatoms. The number of nitrogens with one attached hydrogen (secondary N) is 1. The maximum Gasteiger partial charge on any atom is 0.146 e. The molecule has 112 valence electrons. The van der Waals surface area contributed by atoms with Crippen LogP contribution in [0.4, 0.5) is 10.1 Å². The third-order valence-electron chi connectivity index (χ3n) is 3.49. The lowest BCUT2D eigenvalue weighted by Gasteiger charge is -2.20. The average Bonchev–Trinajstić information content (AvgIpc) is 2.50. The summed E-state index contributed by atoms with van der Waals surface area (Å²) in [6.45, 7) is 3.84. The van der Waals surface area contributed by atoms with Gasteiger partial charge in [0.25, 0.3) is 0 Å². The first-order chi connectivity index (χ1) is 10.1. The van der Waals surface area contributed by atoms with Crippen LogP contribution in [0.1, 0.15) is 24.1 Å². The van der Waals surface area contributed by atoms with Gasteiger partial charge in [0, 0.05) is 5.56 Å². The maximum absolute atomic E-state index is 13.9. The highest BCUT2D eigenvalue weighted by Gasteiger charge is 2.15. The highest BCUT2D eigenvalue weighted by Crippen LogP contribution is 2.32. The molecule has 0 fully saturated rings. The molecule has 1 N–H and O–H groups in total. The highest BCUT2D eigenvalue weighted by atomic mass is 19.1. The number of halogens is 1. The number of methoxy groups -OCH3 is 2. The molecule has 1 atom stereocenters. The summed E-state index contributed by atoms with van der Waals surface area (Å²) < 4.78 is 24.6. The molecule has 0 aromatic heterocycles. The molecule has 0 heterocycles. The summed E-state index contributed by atoms with van der Waals surface area (Å²) in [5, 5.41) is 3.21. The van der Waals surface area contributed by atoms with Crippen molar-refractivity contribution in [2.75, 3.05) is 19.5 Å². The van der Waals surface area contributed by atoms with Crippen molar-refractivity contribution in [3.05, 3.63) is 53.3 Å². The van der Waals surface area contributed by atoms with Crippen molar-refractivity contribution in [3.8, 4) is 11.5 Å². The third-order valence-corrected chi connectivity index (χ3v) is 3.49. The lowest BCUT2D eigenvalue weighted by Crippen LogP contribution is -2.10. The summed E-state index contributed by atoms with van der Waals surface area (Å²) in [5.74, 6) is 1.22. The zero-order chi connectivity index (χ0) is 15.4. The van der Waals surface area contributed by atoms with Crippen molar-refractivity contribution >= 4 is 5.69 Å². The van der Waals surface area contributed by atoms with Gasteiger partial charge in [0.2, 0.25) is 0 Å². The zero-order valence-corrected chi connectivity index (χ0v) is 12.7. The van der Waals surface area contributed by atoms with Gasteiger partial charge in [0.15, 0.2) is 0 Å². The van der Waals surface area contributed by atoms with Crippen LogP contribution in [0.3, 0.4) is 0 Å². The van der Waals surface area contributed by atoms with E-state index in [9.17, 15) is 4.39 Å². The predicted octanol–water partition coefficient (Wildman–Crippen LogP) is 4.32. The molecular weight excluding hydrogens is 269 g/mol. The molecule has 0 aliphatic carbocycles. The molecule has 0 saturated heterocycles. The first kappa shape index (κ1) is 15.2. The Bertz CT molecular complexity index is 608. The van der Waals surface area contributed by atoms with Crippen LogP contribution in [0.25, 0.3) is 0 Å². The summed E-state index contributed by atoms with van der Waals surface area (Å²) in [5.41, 5.74) is 2.29. The predicted molar refractivity (Wildman–Crippen MR) is 82.7 cm³/mol. The van der Waals surface area contributed by atoms with Crippen molar-refractivity contribution < 1.29 is 13.9 Å². The summed E-state index contributed by atoms with van der Waals surface area (Å²) in [4.78, 5) is 0. The maximum atomic E-state index is 13.9. The Morgan fingerprint density at radius 2 is 1.86 bits per heavy atom. The summed E-state index contributed by atoms with van der Waals surface area (Å²) >= 11 is 0. The van der Waals surface area contributed by atoms with Crippen molar-refractivity contribution in [3.63, 3.8) is 0 Å². The number of aryl methyl sites for hydroxylation is 1. The largest absolute Gasteiger partial charge is 0.497 e. The topological polar surface area (TPSA) is 30.5 Å². The second-order valence-electron chi connectivity index (χ2n) is 4.91. The van der Waals surface area contributed by atoms with Crippen LogP contribution in [-0.4, -0.2) is 14.2 Å². The lowest BCUT2D eigenvalue weighted by molar-refractivity contribution is 0.397. The standard InChI is InChI=1S/C17H20FNO2/c1-11-6-5-7-15(18)17(11)19-12(2)14-10-13(20-3)8-9-16(14)21-4/h5-10,12,19H,1-4H3. The van der Waals surface area contributed by atoms with E-state index in [0.717, 1.165) is 22.6 Å². The molecule has 2 aromatic rings. The van der Waals surface area contributed by atoms with Gasteiger partial charge in [-0.05, 0) is 43.7 Å². The molecular formula is C17H20FNO2. The highest BCUT2D eigenvalue weighted by molar-refractivity contribution is 5.54. The van der Waals surface area contributed by atoms with E-state index in [1.165, 1.54) is 6.07 Å². The molecule has 0 radical (unpaired) electrons. The minimum atomic E-state index is -0.260. The van der Waals surface area contributed by atoms with E-state index in [2.05, 4.69) is 5.32 Å². The van der Waals surface area contributed by atoms with Crippen molar-refractivity contribution in [2.24, 2.45) is 0 Å². The Morgan fingerprint density at radius 1 is 1.10 bits per heavy atom. The van der Waals surface area contributed by atoms with Crippen LogP contribution in [0.2, 0.25) is 0 Å². The molecule has 2 aromatic carbocycles. The van der Waals surface area contributed by atoms with Gasteiger partial charge in [-0.25, -0.2) is 4.39 Å². The first-order valence-electron chi connectivity index (χ1n) is 6.80. The Morgan fingerprint density at radius 3 is 2.48 bits per heavy atom. The van der Waals surface area contributed by atoms with E-state index in [1.54, 1.807) is 20.3 Å². The van der Waals surface area contributed by atoms with Crippen LogP contribution in [0, 0.1) is 12.7 Å². The second-order valence-corrected chi connectivity index (χ2v) is 4.91. The van der Waals surface area contributed by atoms with E-state index in [4.69, 9.17) is 9.47 Å². The molecule has 0 aliphatic heterocycles. The minimum Gasteiger partial charge on any atom is -0.497 e.